The number of benzene rings is 2. The normalized spacial score (nSPS) is 9.56. The third-order valence-corrected chi connectivity index (χ3v) is 3.69. The number of halogens is 2. The first-order valence-electron chi connectivity index (χ1n) is 8.25. The van der Waals surface area contributed by atoms with Crippen LogP contribution >= 0.6 is 11.9 Å². The van der Waals surface area contributed by atoms with Crippen LogP contribution in [-0.2, 0) is 0 Å². The van der Waals surface area contributed by atoms with Crippen molar-refractivity contribution in [1.29, 1.82) is 0 Å². The Bertz CT molecular complexity index is 753. The van der Waals surface area contributed by atoms with E-state index >= 15 is 0 Å². The summed E-state index contributed by atoms with van der Waals surface area (Å²) in [6.07, 6.45) is 0. The average Bonchev–Trinajstić information content (AvgIpc) is 3.01. The molecule has 0 unspecified atom stereocenters. The molecule has 3 aromatic rings. The summed E-state index contributed by atoms with van der Waals surface area (Å²) < 4.78 is 27.3. The van der Waals surface area contributed by atoms with Gasteiger partial charge >= 0.3 is 0 Å². The number of nitrogens with zero attached hydrogens (tertiary/aromatic N) is 3. The minimum absolute atomic E-state index is 0.282. The summed E-state index contributed by atoms with van der Waals surface area (Å²) in [5, 5.41) is 8.69. The van der Waals surface area contributed by atoms with Gasteiger partial charge in [0.2, 0.25) is 0 Å². The zero-order valence-corrected chi connectivity index (χ0v) is 15.9. The van der Waals surface area contributed by atoms with E-state index in [2.05, 4.69) is 10.2 Å². The van der Waals surface area contributed by atoms with E-state index in [1.165, 1.54) is 40.4 Å². The second-order valence-electron chi connectivity index (χ2n) is 4.44. The van der Waals surface area contributed by atoms with Crippen molar-refractivity contribution >= 4 is 11.9 Å². The molecule has 0 aliphatic rings. The Balaban J connectivity index is 0.000000730. The molecule has 0 amide bonds. The van der Waals surface area contributed by atoms with Gasteiger partial charge in [-0.05, 0) is 55.5 Å². The van der Waals surface area contributed by atoms with E-state index in [0.29, 0.717) is 5.69 Å². The largest absolute Gasteiger partial charge is 0.207 e. The standard InChI is InChI=1S/C15H11F2N3S.2C2H6/c1-10-15(11-2-4-12(16)5-3-11)19-20(18-10)21-14-8-6-13(17)7-9-14;2*1-2/h2-9H,1H3;2*1-2H3. The third kappa shape index (κ3) is 5.98. The lowest BCUT2D eigenvalue weighted by Gasteiger charge is -1.99. The molecule has 6 heteroatoms. The van der Waals surface area contributed by atoms with Crippen molar-refractivity contribution in [3.05, 3.63) is 65.9 Å². The van der Waals surface area contributed by atoms with E-state index in [9.17, 15) is 8.78 Å². The molecule has 0 bridgehead atoms. The van der Waals surface area contributed by atoms with E-state index in [4.69, 9.17) is 0 Å². The summed E-state index contributed by atoms with van der Waals surface area (Å²) in [5.41, 5.74) is 2.25. The number of aryl methyl sites for hydroxylation is 1. The van der Waals surface area contributed by atoms with E-state index in [1.807, 2.05) is 34.6 Å². The van der Waals surface area contributed by atoms with Crippen LogP contribution in [0.2, 0.25) is 0 Å². The van der Waals surface area contributed by atoms with E-state index in [-0.39, 0.29) is 11.6 Å². The van der Waals surface area contributed by atoms with Crippen LogP contribution < -0.4 is 0 Å². The van der Waals surface area contributed by atoms with Crippen molar-refractivity contribution in [2.45, 2.75) is 39.5 Å². The summed E-state index contributed by atoms with van der Waals surface area (Å²) in [4.78, 5) is 0.831. The molecule has 134 valence electrons. The van der Waals surface area contributed by atoms with E-state index in [1.54, 1.807) is 24.3 Å². The summed E-state index contributed by atoms with van der Waals surface area (Å²) in [5.74, 6) is -0.569. The molecule has 0 aliphatic heterocycles. The second kappa shape index (κ2) is 10.6. The van der Waals surface area contributed by atoms with Crippen LogP contribution in [0.5, 0.6) is 0 Å². The van der Waals surface area contributed by atoms with Crippen molar-refractivity contribution in [2.24, 2.45) is 0 Å². The molecule has 0 N–H and O–H groups in total. The molecule has 0 spiro atoms. The van der Waals surface area contributed by atoms with Crippen LogP contribution in [0.4, 0.5) is 8.78 Å². The predicted octanol–water partition coefficient (Wildman–Crippen LogP) is 6.14. The zero-order valence-electron chi connectivity index (χ0n) is 15.1. The molecular formula is C19H23F2N3S. The molecule has 0 fully saturated rings. The van der Waals surface area contributed by atoms with Crippen molar-refractivity contribution < 1.29 is 8.78 Å². The van der Waals surface area contributed by atoms with Gasteiger partial charge < -0.3 is 0 Å². The molecule has 0 saturated carbocycles. The van der Waals surface area contributed by atoms with Crippen molar-refractivity contribution in [1.82, 2.24) is 14.4 Å². The Morgan fingerprint density at radius 1 is 0.760 bits per heavy atom. The summed E-state index contributed by atoms with van der Waals surface area (Å²) in [7, 11) is 0. The maximum atomic E-state index is 13.0. The van der Waals surface area contributed by atoms with Crippen molar-refractivity contribution in [3.63, 3.8) is 0 Å². The fraction of sp³-hybridized carbons (Fsp3) is 0.263. The smallest absolute Gasteiger partial charge is 0.123 e. The van der Waals surface area contributed by atoms with Crippen molar-refractivity contribution in [3.8, 4) is 11.3 Å². The van der Waals surface area contributed by atoms with Gasteiger partial charge in [0.1, 0.15) is 17.3 Å². The first kappa shape index (κ1) is 20.8. The van der Waals surface area contributed by atoms with Crippen LogP contribution in [0.25, 0.3) is 11.3 Å². The van der Waals surface area contributed by atoms with Gasteiger partial charge in [0.15, 0.2) is 0 Å². The Hall–Kier alpha value is -2.21. The molecule has 2 aromatic carbocycles. The summed E-state index contributed by atoms with van der Waals surface area (Å²) in [6.45, 7) is 9.84. The molecule has 0 radical (unpaired) electrons. The average molecular weight is 363 g/mol. The van der Waals surface area contributed by atoms with Gasteiger partial charge in [-0.2, -0.15) is 0 Å². The maximum Gasteiger partial charge on any atom is 0.123 e. The number of hydrogen-bond acceptors (Lipinski definition) is 3. The lowest BCUT2D eigenvalue weighted by Crippen LogP contribution is -1.92. The van der Waals surface area contributed by atoms with Crippen LogP contribution in [-0.4, -0.2) is 14.4 Å². The van der Waals surface area contributed by atoms with Gasteiger partial charge in [0.25, 0.3) is 0 Å². The minimum Gasteiger partial charge on any atom is -0.207 e. The van der Waals surface area contributed by atoms with Gasteiger partial charge in [-0.1, -0.05) is 27.7 Å². The van der Waals surface area contributed by atoms with Crippen LogP contribution in [0.15, 0.2) is 53.4 Å². The number of rotatable bonds is 3. The summed E-state index contributed by atoms with van der Waals surface area (Å²) in [6, 6.07) is 12.2. The highest BCUT2D eigenvalue weighted by molar-refractivity contribution is 7.97. The minimum atomic E-state index is -0.288. The van der Waals surface area contributed by atoms with Gasteiger partial charge in [-0.3, -0.25) is 0 Å². The highest BCUT2D eigenvalue weighted by atomic mass is 32.2. The second-order valence-corrected chi connectivity index (χ2v) is 5.42. The fourth-order valence-corrected chi connectivity index (χ4v) is 2.59. The van der Waals surface area contributed by atoms with E-state index in [0.717, 1.165) is 16.2 Å². The van der Waals surface area contributed by atoms with Gasteiger partial charge in [-0.15, -0.1) is 14.4 Å². The van der Waals surface area contributed by atoms with E-state index < -0.39 is 0 Å². The predicted molar refractivity (Wildman–Crippen MR) is 101 cm³/mol. The lowest BCUT2D eigenvalue weighted by atomic mass is 10.1. The fourth-order valence-electron chi connectivity index (χ4n) is 1.86. The SMILES string of the molecule is CC.CC.Cc1nn(Sc2ccc(F)cc2)nc1-c1ccc(F)cc1. The highest BCUT2D eigenvalue weighted by Gasteiger charge is 2.10. The van der Waals surface area contributed by atoms with Crippen molar-refractivity contribution in [2.75, 3.05) is 0 Å². The zero-order chi connectivity index (χ0) is 18.8. The van der Waals surface area contributed by atoms with Gasteiger partial charge in [0.05, 0.1) is 5.69 Å². The molecule has 0 saturated heterocycles. The Kier molecular flexibility index (Phi) is 8.84. The van der Waals surface area contributed by atoms with Gasteiger partial charge in [0, 0.05) is 22.4 Å². The number of aromatic nitrogens is 3. The molecule has 0 aliphatic carbocycles. The first-order valence-corrected chi connectivity index (χ1v) is 9.03. The lowest BCUT2D eigenvalue weighted by molar-refractivity contribution is 0.626. The van der Waals surface area contributed by atoms with Gasteiger partial charge in [-0.25, -0.2) is 8.78 Å². The number of hydrogen-bond donors (Lipinski definition) is 0. The highest BCUT2D eigenvalue weighted by Crippen LogP contribution is 2.24. The topological polar surface area (TPSA) is 30.7 Å². The maximum absolute atomic E-state index is 13.0. The molecule has 3 rings (SSSR count). The third-order valence-electron chi connectivity index (χ3n) is 2.88. The van der Waals surface area contributed by atoms with Crippen LogP contribution in [0, 0.1) is 18.6 Å². The monoisotopic (exact) mass is 363 g/mol. The quantitative estimate of drug-likeness (QED) is 0.560. The molecule has 0 atom stereocenters. The summed E-state index contributed by atoms with van der Waals surface area (Å²) >= 11 is 1.28. The molecule has 1 heterocycles. The van der Waals surface area contributed by atoms with Crippen LogP contribution in [0.1, 0.15) is 33.4 Å². The molecular weight excluding hydrogens is 340 g/mol. The van der Waals surface area contributed by atoms with Crippen LogP contribution in [0.3, 0.4) is 0 Å². The molecule has 3 nitrogen and oxygen atoms in total. The Morgan fingerprint density at radius 3 is 1.76 bits per heavy atom. The Labute approximate surface area is 152 Å². The molecule has 25 heavy (non-hydrogen) atoms. The Morgan fingerprint density at radius 2 is 1.24 bits per heavy atom. The molecule has 1 aromatic heterocycles. The first-order chi connectivity index (χ1) is 12.1.